The Morgan fingerprint density at radius 3 is 2.67 bits per heavy atom. The maximum Gasteiger partial charge on any atom is 0.319 e. The summed E-state index contributed by atoms with van der Waals surface area (Å²) in [4.78, 5) is 22.8. The predicted octanol–water partition coefficient (Wildman–Crippen LogP) is 4.04. The van der Waals surface area contributed by atoms with Crippen LogP contribution in [0.25, 0.3) is 0 Å². The van der Waals surface area contributed by atoms with Crippen LogP contribution in [0.2, 0.25) is 0 Å². The largest absolute Gasteiger partial charge is 0.338 e. The standard InChI is InChI=1S/C16H16FN3O3S/c17-12-5-7-15(8-6-12)24-10-2-9-18-16(21)19-13-3-1-4-14(11-13)20(22)23/h1,3-8,11H,2,9-10H2,(H2,18,19,21). The molecule has 0 saturated heterocycles. The molecular weight excluding hydrogens is 333 g/mol. The number of halogens is 1. The molecule has 2 rings (SSSR count). The zero-order chi connectivity index (χ0) is 17.4. The van der Waals surface area contributed by atoms with Gasteiger partial charge in [0.05, 0.1) is 4.92 Å². The van der Waals surface area contributed by atoms with E-state index in [1.165, 1.54) is 30.3 Å². The number of nitro benzene ring substituents is 1. The van der Waals surface area contributed by atoms with Gasteiger partial charge in [0.25, 0.3) is 5.69 Å². The molecule has 0 bridgehead atoms. The van der Waals surface area contributed by atoms with Crippen LogP contribution in [0.15, 0.2) is 53.4 Å². The molecule has 0 aliphatic heterocycles. The van der Waals surface area contributed by atoms with Gasteiger partial charge < -0.3 is 10.6 Å². The van der Waals surface area contributed by atoms with E-state index in [2.05, 4.69) is 10.6 Å². The average Bonchev–Trinajstić information content (AvgIpc) is 2.56. The number of anilines is 1. The first-order chi connectivity index (χ1) is 11.5. The molecule has 6 nitrogen and oxygen atoms in total. The Morgan fingerprint density at radius 2 is 1.96 bits per heavy atom. The molecule has 0 aliphatic rings. The topological polar surface area (TPSA) is 84.3 Å². The monoisotopic (exact) mass is 349 g/mol. The second-order valence-electron chi connectivity index (χ2n) is 4.84. The Kier molecular flexibility index (Phi) is 6.56. The summed E-state index contributed by atoms with van der Waals surface area (Å²) >= 11 is 1.58. The van der Waals surface area contributed by atoms with Crippen LogP contribution in [0.5, 0.6) is 0 Å². The lowest BCUT2D eigenvalue weighted by atomic mass is 10.3. The van der Waals surface area contributed by atoms with Crippen molar-refractivity contribution in [1.29, 1.82) is 0 Å². The first-order valence-electron chi connectivity index (χ1n) is 7.22. The highest BCUT2D eigenvalue weighted by Crippen LogP contribution is 2.19. The van der Waals surface area contributed by atoms with E-state index in [0.29, 0.717) is 12.2 Å². The lowest BCUT2D eigenvalue weighted by Crippen LogP contribution is -2.29. The Labute approximate surface area is 142 Å². The predicted molar refractivity (Wildman–Crippen MR) is 91.9 cm³/mol. The van der Waals surface area contributed by atoms with Gasteiger partial charge in [0.2, 0.25) is 0 Å². The maximum atomic E-state index is 12.8. The number of carbonyl (C=O) groups excluding carboxylic acids is 1. The normalized spacial score (nSPS) is 10.2. The molecule has 126 valence electrons. The number of nitrogens with one attached hydrogen (secondary N) is 2. The Hall–Kier alpha value is -2.61. The van der Waals surface area contributed by atoms with Gasteiger partial charge in [-0.2, -0.15) is 0 Å². The molecule has 2 aromatic carbocycles. The minimum atomic E-state index is -0.518. The summed E-state index contributed by atoms with van der Waals surface area (Å²) in [5.74, 6) is 0.516. The number of hydrogen-bond donors (Lipinski definition) is 2. The van der Waals surface area contributed by atoms with Crippen molar-refractivity contribution in [3.8, 4) is 0 Å². The summed E-state index contributed by atoms with van der Waals surface area (Å²) in [6, 6.07) is 11.6. The number of non-ortho nitro benzene ring substituents is 1. The van der Waals surface area contributed by atoms with Crippen LogP contribution >= 0.6 is 11.8 Å². The van der Waals surface area contributed by atoms with Gasteiger partial charge >= 0.3 is 6.03 Å². The zero-order valence-electron chi connectivity index (χ0n) is 12.7. The fourth-order valence-corrected chi connectivity index (χ4v) is 2.72. The van der Waals surface area contributed by atoms with Gasteiger partial charge in [0, 0.05) is 29.3 Å². The minimum absolute atomic E-state index is 0.0801. The van der Waals surface area contributed by atoms with Crippen molar-refractivity contribution in [3.63, 3.8) is 0 Å². The van der Waals surface area contributed by atoms with Crippen LogP contribution in [-0.4, -0.2) is 23.3 Å². The first kappa shape index (κ1) is 17.7. The van der Waals surface area contributed by atoms with Crippen molar-refractivity contribution < 1.29 is 14.1 Å². The Morgan fingerprint density at radius 1 is 1.21 bits per heavy atom. The lowest BCUT2D eigenvalue weighted by molar-refractivity contribution is -0.384. The molecule has 2 amide bonds. The molecule has 0 unspecified atom stereocenters. The van der Waals surface area contributed by atoms with E-state index in [1.54, 1.807) is 30.0 Å². The van der Waals surface area contributed by atoms with Crippen LogP contribution in [0.3, 0.4) is 0 Å². The summed E-state index contributed by atoms with van der Waals surface area (Å²) in [5.41, 5.74) is 0.283. The summed E-state index contributed by atoms with van der Waals surface area (Å²) in [5, 5.41) is 15.9. The number of thioether (sulfide) groups is 1. The molecule has 2 aromatic rings. The van der Waals surface area contributed by atoms with Crippen molar-refractivity contribution in [1.82, 2.24) is 5.32 Å². The molecule has 0 aromatic heterocycles. The van der Waals surface area contributed by atoms with Crippen LogP contribution in [0.1, 0.15) is 6.42 Å². The zero-order valence-corrected chi connectivity index (χ0v) is 13.5. The molecule has 8 heteroatoms. The van der Waals surface area contributed by atoms with Crippen molar-refractivity contribution in [2.24, 2.45) is 0 Å². The van der Waals surface area contributed by atoms with Gasteiger partial charge in [-0.15, -0.1) is 11.8 Å². The van der Waals surface area contributed by atoms with Crippen LogP contribution < -0.4 is 10.6 Å². The number of amides is 2. The van der Waals surface area contributed by atoms with Crippen LogP contribution in [0, 0.1) is 15.9 Å². The maximum absolute atomic E-state index is 12.8. The molecule has 0 radical (unpaired) electrons. The molecule has 0 saturated carbocycles. The van der Waals surface area contributed by atoms with Gasteiger partial charge in [0.1, 0.15) is 5.82 Å². The SMILES string of the molecule is O=C(NCCCSc1ccc(F)cc1)Nc1cccc([N+](=O)[O-])c1. The van der Waals surface area contributed by atoms with Crippen LogP contribution in [-0.2, 0) is 0 Å². The molecule has 0 atom stereocenters. The van der Waals surface area contributed by atoms with Gasteiger partial charge in [-0.1, -0.05) is 6.07 Å². The third-order valence-electron chi connectivity index (χ3n) is 3.00. The van der Waals surface area contributed by atoms with Gasteiger partial charge in [-0.05, 0) is 42.5 Å². The number of nitrogens with zero attached hydrogens (tertiary/aromatic N) is 1. The smallest absolute Gasteiger partial charge is 0.319 e. The number of carbonyl (C=O) groups is 1. The number of urea groups is 1. The third-order valence-corrected chi connectivity index (χ3v) is 4.10. The minimum Gasteiger partial charge on any atom is -0.338 e. The Bertz CT molecular complexity index is 710. The highest BCUT2D eigenvalue weighted by molar-refractivity contribution is 7.99. The van der Waals surface area contributed by atoms with Crippen molar-refractivity contribution in [2.45, 2.75) is 11.3 Å². The number of hydrogen-bond acceptors (Lipinski definition) is 4. The summed E-state index contributed by atoms with van der Waals surface area (Å²) < 4.78 is 12.8. The fourth-order valence-electron chi connectivity index (χ4n) is 1.87. The average molecular weight is 349 g/mol. The number of rotatable bonds is 7. The van der Waals surface area contributed by atoms with Crippen LogP contribution in [0.4, 0.5) is 20.6 Å². The van der Waals surface area contributed by atoms with Crippen molar-refractivity contribution in [3.05, 3.63) is 64.5 Å². The van der Waals surface area contributed by atoms with Crippen molar-refractivity contribution >= 4 is 29.2 Å². The fraction of sp³-hybridized carbons (Fsp3) is 0.188. The highest BCUT2D eigenvalue weighted by atomic mass is 32.2. The molecular formula is C16H16FN3O3S. The molecule has 0 heterocycles. The molecule has 24 heavy (non-hydrogen) atoms. The number of nitro groups is 1. The van der Waals surface area contributed by atoms with E-state index < -0.39 is 11.0 Å². The van der Waals surface area contributed by atoms with Gasteiger partial charge in [-0.3, -0.25) is 10.1 Å². The van der Waals surface area contributed by atoms with E-state index >= 15 is 0 Å². The van der Waals surface area contributed by atoms with Gasteiger partial charge in [-0.25, -0.2) is 9.18 Å². The van der Waals surface area contributed by atoms with E-state index in [9.17, 15) is 19.3 Å². The van der Waals surface area contributed by atoms with Gasteiger partial charge in [0.15, 0.2) is 0 Å². The van der Waals surface area contributed by atoms with E-state index in [0.717, 1.165) is 17.1 Å². The highest BCUT2D eigenvalue weighted by Gasteiger charge is 2.07. The summed E-state index contributed by atoms with van der Waals surface area (Å²) in [6.45, 7) is 0.467. The summed E-state index contributed by atoms with van der Waals surface area (Å²) in [7, 11) is 0. The second kappa shape index (κ2) is 8.88. The van der Waals surface area contributed by atoms with E-state index in [-0.39, 0.29) is 11.5 Å². The molecule has 0 aliphatic carbocycles. The van der Waals surface area contributed by atoms with Crippen molar-refractivity contribution in [2.75, 3.05) is 17.6 Å². The second-order valence-corrected chi connectivity index (χ2v) is 6.01. The molecule has 0 fully saturated rings. The quantitative estimate of drug-likeness (QED) is 0.342. The van der Waals surface area contributed by atoms with E-state index in [4.69, 9.17) is 0 Å². The lowest BCUT2D eigenvalue weighted by Gasteiger charge is -2.07. The first-order valence-corrected chi connectivity index (χ1v) is 8.21. The number of benzene rings is 2. The molecule has 2 N–H and O–H groups in total. The van der Waals surface area contributed by atoms with E-state index in [1.807, 2.05) is 0 Å². The summed E-state index contributed by atoms with van der Waals surface area (Å²) in [6.07, 6.45) is 0.740. The third kappa shape index (κ3) is 5.88. The molecule has 0 spiro atoms. The Balaban J connectivity index is 1.67.